The van der Waals surface area contributed by atoms with Crippen LogP contribution in [0.15, 0.2) is 243 Å². The molecular weight excluding hydrogens is 725 g/mol. The van der Waals surface area contributed by atoms with Crippen LogP contribution < -0.4 is 4.90 Å². The number of rotatable bonds is 8. The molecule has 0 aliphatic heterocycles. The predicted octanol–water partition coefficient (Wildman–Crippen LogP) is 16.1. The first-order chi connectivity index (χ1) is 29.8. The summed E-state index contributed by atoms with van der Waals surface area (Å²) in [4.78, 5) is 2.44. The van der Waals surface area contributed by atoms with Crippen LogP contribution in [0.3, 0.4) is 0 Å². The lowest BCUT2D eigenvalue weighted by molar-refractivity contribution is 1.18. The third kappa shape index (κ3) is 6.23. The standard InChI is InChI=1S/C58H40N2/c1-5-18-41(19-6-1)45-33-37-56(54(38-45)44-22-9-3-10-23-44)60-55-31-16-15-29-52(55)53-36-34-48(40-58(53)60)59(47-26-11-4-12-27-47)57-39-46(32-35-51(57)43-20-7-2-8-21-43)50-30-17-25-42-24-13-14-28-49(42)50/h1-40H. The minimum absolute atomic E-state index is 1.08. The number of hydrogen-bond donors (Lipinski definition) is 0. The molecule has 2 nitrogen and oxygen atoms in total. The maximum atomic E-state index is 2.47. The van der Waals surface area contributed by atoms with Crippen LogP contribution in [0.5, 0.6) is 0 Å². The number of nitrogens with zero attached hydrogens (tertiary/aromatic N) is 2. The average Bonchev–Trinajstić information content (AvgIpc) is 3.66. The van der Waals surface area contributed by atoms with Gasteiger partial charge in [0.2, 0.25) is 0 Å². The molecule has 0 radical (unpaired) electrons. The van der Waals surface area contributed by atoms with Gasteiger partial charge in [-0.1, -0.05) is 194 Å². The Morgan fingerprint density at radius 1 is 0.283 bits per heavy atom. The summed E-state index contributed by atoms with van der Waals surface area (Å²) in [7, 11) is 0. The minimum Gasteiger partial charge on any atom is -0.310 e. The van der Waals surface area contributed by atoms with Gasteiger partial charge in [0.25, 0.3) is 0 Å². The van der Waals surface area contributed by atoms with Crippen molar-refractivity contribution in [1.29, 1.82) is 0 Å². The van der Waals surface area contributed by atoms with Crippen molar-refractivity contribution in [2.45, 2.75) is 0 Å². The predicted molar refractivity (Wildman–Crippen MR) is 255 cm³/mol. The van der Waals surface area contributed by atoms with Crippen LogP contribution in [0.25, 0.3) is 82.8 Å². The molecule has 0 aliphatic carbocycles. The van der Waals surface area contributed by atoms with E-state index in [4.69, 9.17) is 0 Å². The van der Waals surface area contributed by atoms with Gasteiger partial charge in [-0.3, -0.25) is 0 Å². The maximum absolute atomic E-state index is 2.47. The smallest absolute Gasteiger partial charge is 0.0562 e. The lowest BCUT2D eigenvalue weighted by atomic mass is 9.94. The van der Waals surface area contributed by atoms with Gasteiger partial charge in [0, 0.05) is 33.3 Å². The number of aromatic nitrogens is 1. The zero-order valence-electron chi connectivity index (χ0n) is 33.0. The van der Waals surface area contributed by atoms with Crippen LogP contribution in [0.1, 0.15) is 0 Å². The zero-order chi connectivity index (χ0) is 39.8. The summed E-state index contributed by atoms with van der Waals surface area (Å²) in [5, 5.41) is 4.90. The van der Waals surface area contributed by atoms with E-state index >= 15 is 0 Å². The van der Waals surface area contributed by atoms with Crippen LogP contribution in [0, 0.1) is 0 Å². The quantitative estimate of drug-likeness (QED) is 0.150. The van der Waals surface area contributed by atoms with Gasteiger partial charge in [-0.15, -0.1) is 0 Å². The van der Waals surface area contributed by atoms with Crippen molar-refractivity contribution in [3.05, 3.63) is 243 Å². The minimum atomic E-state index is 1.08. The monoisotopic (exact) mass is 764 g/mol. The van der Waals surface area contributed by atoms with Gasteiger partial charge >= 0.3 is 0 Å². The van der Waals surface area contributed by atoms with Crippen LogP contribution in [-0.2, 0) is 0 Å². The molecular formula is C58H40N2. The molecule has 11 rings (SSSR count). The van der Waals surface area contributed by atoms with E-state index in [9.17, 15) is 0 Å². The van der Waals surface area contributed by atoms with Crippen LogP contribution in [-0.4, -0.2) is 4.57 Å². The molecule has 2 heteroatoms. The molecule has 0 saturated carbocycles. The van der Waals surface area contributed by atoms with E-state index in [0.717, 1.165) is 33.8 Å². The zero-order valence-corrected chi connectivity index (χ0v) is 33.0. The summed E-state index contributed by atoms with van der Waals surface area (Å²) in [6.07, 6.45) is 0. The highest BCUT2D eigenvalue weighted by molar-refractivity contribution is 6.11. The van der Waals surface area contributed by atoms with Gasteiger partial charge in [-0.2, -0.15) is 0 Å². The normalized spacial score (nSPS) is 11.3. The molecule has 0 saturated heterocycles. The largest absolute Gasteiger partial charge is 0.310 e. The van der Waals surface area contributed by atoms with E-state index in [1.54, 1.807) is 0 Å². The van der Waals surface area contributed by atoms with Gasteiger partial charge < -0.3 is 9.47 Å². The van der Waals surface area contributed by atoms with Gasteiger partial charge in [0.15, 0.2) is 0 Å². The number of para-hydroxylation sites is 2. The van der Waals surface area contributed by atoms with Crippen molar-refractivity contribution < 1.29 is 0 Å². The van der Waals surface area contributed by atoms with Crippen molar-refractivity contribution in [2.24, 2.45) is 0 Å². The van der Waals surface area contributed by atoms with Gasteiger partial charge in [0.05, 0.1) is 22.4 Å². The molecule has 60 heavy (non-hydrogen) atoms. The first-order valence-corrected chi connectivity index (χ1v) is 20.6. The Labute approximate surface area is 350 Å². The van der Waals surface area contributed by atoms with Crippen molar-refractivity contribution in [3.63, 3.8) is 0 Å². The van der Waals surface area contributed by atoms with E-state index in [1.807, 2.05) is 0 Å². The third-order valence-corrected chi connectivity index (χ3v) is 11.8. The second-order valence-electron chi connectivity index (χ2n) is 15.3. The van der Waals surface area contributed by atoms with Crippen molar-refractivity contribution >= 4 is 49.6 Å². The maximum Gasteiger partial charge on any atom is 0.0562 e. The second kappa shape index (κ2) is 15.1. The Morgan fingerprint density at radius 3 is 1.62 bits per heavy atom. The molecule has 11 aromatic rings. The van der Waals surface area contributed by atoms with E-state index in [-0.39, 0.29) is 0 Å². The SMILES string of the molecule is c1ccc(-c2ccc(-n3c4ccccc4c4ccc(N(c5ccccc5)c5cc(-c6cccc7ccccc67)ccc5-c5ccccc5)cc43)c(-c3ccccc3)c2)cc1. The molecule has 1 aromatic heterocycles. The molecule has 0 bridgehead atoms. The number of fused-ring (bicyclic) bond motifs is 4. The highest BCUT2D eigenvalue weighted by Crippen LogP contribution is 2.46. The van der Waals surface area contributed by atoms with E-state index in [2.05, 4.69) is 252 Å². The Kier molecular flexibility index (Phi) is 8.87. The molecule has 0 atom stereocenters. The van der Waals surface area contributed by atoms with Gasteiger partial charge in [0.1, 0.15) is 0 Å². The summed E-state index contributed by atoms with van der Waals surface area (Å²) < 4.78 is 2.47. The molecule has 0 amide bonds. The summed E-state index contributed by atoms with van der Waals surface area (Å²) in [5.41, 5.74) is 16.2. The fourth-order valence-corrected chi connectivity index (χ4v) is 8.98. The second-order valence-corrected chi connectivity index (χ2v) is 15.3. The molecule has 10 aromatic carbocycles. The van der Waals surface area contributed by atoms with Crippen molar-refractivity contribution in [2.75, 3.05) is 4.90 Å². The molecule has 0 unspecified atom stereocenters. The number of anilines is 3. The summed E-state index contributed by atoms with van der Waals surface area (Å²) >= 11 is 0. The van der Waals surface area contributed by atoms with Crippen LogP contribution >= 0.6 is 0 Å². The Morgan fingerprint density at radius 2 is 0.867 bits per heavy atom. The van der Waals surface area contributed by atoms with Crippen molar-refractivity contribution in [1.82, 2.24) is 4.57 Å². The van der Waals surface area contributed by atoms with Gasteiger partial charge in [-0.05, 0) is 92.7 Å². The first kappa shape index (κ1) is 35.2. The van der Waals surface area contributed by atoms with Crippen LogP contribution in [0.2, 0.25) is 0 Å². The van der Waals surface area contributed by atoms with Crippen LogP contribution in [0.4, 0.5) is 17.1 Å². The lowest BCUT2D eigenvalue weighted by Crippen LogP contribution is -2.11. The van der Waals surface area contributed by atoms with Gasteiger partial charge in [-0.25, -0.2) is 0 Å². The van der Waals surface area contributed by atoms with Crippen molar-refractivity contribution in [3.8, 4) is 50.2 Å². The highest BCUT2D eigenvalue weighted by atomic mass is 15.1. The average molecular weight is 765 g/mol. The summed E-state index contributed by atoms with van der Waals surface area (Å²) in [5.74, 6) is 0. The summed E-state index contributed by atoms with van der Waals surface area (Å²) in [6.45, 7) is 0. The number of benzene rings is 10. The molecule has 282 valence electrons. The highest BCUT2D eigenvalue weighted by Gasteiger charge is 2.22. The fraction of sp³-hybridized carbons (Fsp3) is 0. The third-order valence-electron chi connectivity index (χ3n) is 11.8. The summed E-state index contributed by atoms with van der Waals surface area (Å²) in [6, 6.07) is 88.0. The Hall–Kier alpha value is -7.94. The molecule has 0 spiro atoms. The molecule has 1 heterocycles. The van der Waals surface area contributed by atoms with E-state index in [1.165, 1.54) is 66.0 Å². The number of hydrogen-bond acceptors (Lipinski definition) is 1. The molecule has 0 N–H and O–H groups in total. The molecule has 0 fully saturated rings. The lowest BCUT2D eigenvalue weighted by Gasteiger charge is -2.29. The Balaban J connectivity index is 1.18. The van der Waals surface area contributed by atoms with E-state index < -0.39 is 0 Å². The Bertz CT molecular complexity index is 3290. The fourth-order valence-electron chi connectivity index (χ4n) is 8.98. The topological polar surface area (TPSA) is 8.17 Å². The van der Waals surface area contributed by atoms with E-state index in [0.29, 0.717) is 0 Å². The molecule has 0 aliphatic rings. The first-order valence-electron chi connectivity index (χ1n) is 20.6.